The predicted octanol–water partition coefficient (Wildman–Crippen LogP) is 0.644. The van der Waals surface area contributed by atoms with Crippen molar-refractivity contribution in [3.8, 4) is 0 Å². The second-order valence-electron chi connectivity index (χ2n) is 4.19. The number of ether oxygens (including phenoxy) is 2. The maximum atomic E-state index is 10.8. The molecule has 1 aliphatic heterocycles. The van der Waals surface area contributed by atoms with E-state index in [0.29, 0.717) is 12.2 Å². The number of epoxide rings is 1. The highest BCUT2D eigenvalue weighted by molar-refractivity contribution is 5.81. The quantitative estimate of drug-likeness (QED) is 0.422. The molecule has 2 rings (SSSR count). The minimum absolute atomic E-state index is 0.0624. The molecule has 0 aromatic rings. The summed E-state index contributed by atoms with van der Waals surface area (Å²) >= 11 is 0. The molecule has 1 saturated carbocycles. The average Bonchev–Trinajstić information content (AvgIpc) is 3.02. The number of rotatable bonds is 4. The summed E-state index contributed by atoms with van der Waals surface area (Å²) < 4.78 is 10.2. The van der Waals surface area contributed by atoms with Crippen LogP contribution in [0.25, 0.3) is 0 Å². The molecule has 1 aliphatic carbocycles. The van der Waals surface area contributed by atoms with Crippen LogP contribution in [0, 0.1) is 5.92 Å². The monoisotopic (exact) mass is 212 g/mol. The van der Waals surface area contributed by atoms with E-state index in [1.54, 1.807) is 0 Å². The normalized spacial score (nSPS) is 35.1. The lowest BCUT2D eigenvalue weighted by Crippen LogP contribution is -2.30. The lowest BCUT2D eigenvalue weighted by molar-refractivity contribution is -0.141. The number of hydrogen-bond donors (Lipinski definition) is 1. The van der Waals surface area contributed by atoms with Crippen molar-refractivity contribution in [2.45, 2.75) is 37.6 Å². The SMILES string of the molecule is C=CC(=O)OCC(O)C1CCC2OC2C1. The van der Waals surface area contributed by atoms with Crippen LogP contribution < -0.4 is 0 Å². The van der Waals surface area contributed by atoms with Crippen LogP contribution in [-0.2, 0) is 14.3 Å². The van der Waals surface area contributed by atoms with Gasteiger partial charge in [0, 0.05) is 6.08 Å². The molecule has 4 atom stereocenters. The van der Waals surface area contributed by atoms with Gasteiger partial charge in [-0.2, -0.15) is 0 Å². The summed E-state index contributed by atoms with van der Waals surface area (Å²) in [4.78, 5) is 10.8. The molecule has 0 radical (unpaired) electrons. The van der Waals surface area contributed by atoms with Crippen LogP contribution in [0.1, 0.15) is 19.3 Å². The smallest absolute Gasteiger partial charge is 0.330 e. The van der Waals surface area contributed by atoms with Crippen molar-refractivity contribution in [3.63, 3.8) is 0 Å². The first-order valence-corrected chi connectivity index (χ1v) is 5.33. The van der Waals surface area contributed by atoms with Gasteiger partial charge in [-0.25, -0.2) is 4.79 Å². The third-order valence-electron chi connectivity index (χ3n) is 3.15. The maximum Gasteiger partial charge on any atom is 0.330 e. The number of esters is 1. The van der Waals surface area contributed by atoms with Crippen molar-refractivity contribution in [2.75, 3.05) is 6.61 Å². The van der Waals surface area contributed by atoms with Gasteiger partial charge in [-0.3, -0.25) is 0 Å². The molecule has 1 saturated heterocycles. The topological polar surface area (TPSA) is 59.1 Å². The number of carbonyl (C=O) groups excluding carboxylic acids is 1. The molecule has 1 N–H and O–H groups in total. The number of carbonyl (C=O) groups is 1. The van der Waals surface area contributed by atoms with Crippen molar-refractivity contribution in [1.29, 1.82) is 0 Å². The molecule has 4 heteroatoms. The van der Waals surface area contributed by atoms with Crippen LogP contribution in [0.3, 0.4) is 0 Å². The van der Waals surface area contributed by atoms with Crippen LogP contribution in [0.2, 0.25) is 0 Å². The Morgan fingerprint density at radius 1 is 1.60 bits per heavy atom. The number of aliphatic hydroxyl groups is 1. The largest absolute Gasteiger partial charge is 0.460 e. The fourth-order valence-corrected chi connectivity index (χ4v) is 2.15. The summed E-state index contributed by atoms with van der Waals surface area (Å²) in [6, 6.07) is 0. The molecular weight excluding hydrogens is 196 g/mol. The zero-order chi connectivity index (χ0) is 10.8. The molecule has 4 unspecified atom stereocenters. The van der Waals surface area contributed by atoms with E-state index in [1.807, 2.05) is 0 Å². The van der Waals surface area contributed by atoms with Crippen molar-refractivity contribution in [2.24, 2.45) is 5.92 Å². The molecule has 0 amide bonds. The van der Waals surface area contributed by atoms with Gasteiger partial charge in [-0.15, -0.1) is 0 Å². The summed E-state index contributed by atoms with van der Waals surface area (Å²) in [6.45, 7) is 3.36. The Morgan fingerprint density at radius 3 is 3.07 bits per heavy atom. The van der Waals surface area contributed by atoms with E-state index in [0.717, 1.165) is 25.3 Å². The van der Waals surface area contributed by atoms with Crippen LogP contribution in [0.5, 0.6) is 0 Å². The van der Waals surface area contributed by atoms with Crippen molar-refractivity contribution in [3.05, 3.63) is 12.7 Å². The van der Waals surface area contributed by atoms with Gasteiger partial charge in [-0.05, 0) is 25.2 Å². The highest BCUT2D eigenvalue weighted by Gasteiger charge is 2.45. The summed E-state index contributed by atoms with van der Waals surface area (Å²) in [5, 5.41) is 9.79. The molecule has 0 aromatic heterocycles. The number of hydrogen-bond acceptors (Lipinski definition) is 4. The Hall–Kier alpha value is -0.870. The number of fused-ring (bicyclic) bond motifs is 1. The van der Waals surface area contributed by atoms with Crippen molar-refractivity contribution < 1.29 is 19.4 Å². The first-order valence-electron chi connectivity index (χ1n) is 5.33. The van der Waals surface area contributed by atoms with Crippen LogP contribution >= 0.6 is 0 Å². The molecule has 0 spiro atoms. The van der Waals surface area contributed by atoms with Gasteiger partial charge in [0.25, 0.3) is 0 Å². The maximum absolute atomic E-state index is 10.8. The van der Waals surface area contributed by atoms with Crippen molar-refractivity contribution >= 4 is 5.97 Å². The standard InChI is InChI=1S/C11H16O4/c1-2-11(13)14-6-8(12)7-3-4-9-10(5-7)15-9/h2,7-10,12H,1,3-6H2. The summed E-state index contributed by atoms with van der Waals surface area (Å²) in [5.41, 5.74) is 0. The van der Waals surface area contributed by atoms with Gasteiger partial charge in [0.1, 0.15) is 6.61 Å². The third kappa shape index (κ3) is 2.58. The van der Waals surface area contributed by atoms with Gasteiger partial charge in [0.05, 0.1) is 18.3 Å². The van der Waals surface area contributed by atoms with E-state index in [9.17, 15) is 9.90 Å². The van der Waals surface area contributed by atoms with Gasteiger partial charge in [-0.1, -0.05) is 6.58 Å². The van der Waals surface area contributed by atoms with E-state index >= 15 is 0 Å². The molecule has 1 heterocycles. The van der Waals surface area contributed by atoms with E-state index in [2.05, 4.69) is 6.58 Å². The Bertz CT molecular complexity index is 263. The fourth-order valence-electron chi connectivity index (χ4n) is 2.15. The Balaban J connectivity index is 1.72. The lowest BCUT2D eigenvalue weighted by atomic mass is 9.85. The van der Waals surface area contributed by atoms with Gasteiger partial charge >= 0.3 is 5.97 Å². The molecule has 2 aliphatic rings. The van der Waals surface area contributed by atoms with Gasteiger partial charge < -0.3 is 14.6 Å². The zero-order valence-electron chi connectivity index (χ0n) is 8.59. The molecular formula is C11H16O4. The fraction of sp³-hybridized carbons (Fsp3) is 0.727. The van der Waals surface area contributed by atoms with Crippen molar-refractivity contribution in [1.82, 2.24) is 0 Å². The molecule has 2 fully saturated rings. The first kappa shape index (κ1) is 10.6. The molecule has 84 valence electrons. The molecule has 0 aromatic carbocycles. The summed E-state index contributed by atoms with van der Waals surface area (Å²) in [5.74, 6) is -0.281. The third-order valence-corrected chi connectivity index (χ3v) is 3.15. The molecule has 15 heavy (non-hydrogen) atoms. The van der Waals surface area contributed by atoms with Gasteiger partial charge in [0.2, 0.25) is 0 Å². The zero-order valence-corrected chi connectivity index (χ0v) is 8.59. The van der Waals surface area contributed by atoms with Crippen LogP contribution in [-0.4, -0.2) is 36.0 Å². The lowest BCUT2D eigenvalue weighted by Gasteiger charge is -2.23. The van der Waals surface area contributed by atoms with Crippen LogP contribution in [0.4, 0.5) is 0 Å². The highest BCUT2D eigenvalue weighted by atomic mass is 16.6. The van der Waals surface area contributed by atoms with E-state index in [4.69, 9.17) is 9.47 Å². The summed E-state index contributed by atoms with van der Waals surface area (Å²) in [6.07, 6.45) is 4.16. The second kappa shape index (κ2) is 4.33. The van der Waals surface area contributed by atoms with E-state index in [1.165, 1.54) is 0 Å². The van der Waals surface area contributed by atoms with Gasteiger partial charge in [0.15, 0.2) is 0 Å². The minimum Gasteiger partial charge on any atom is -0.460 e. The Morgan fingerprint density at radius 2 is 2.40 bits per heavy atom. The Kier molecular flexibility index (Phi) is 3.07. The predicted molar refractivity (Wildman–Crippen MR) is 53.2 cm³/mol. The minimum atomic E-state index is -0.570. The first-order chi connectivity index (χ1) is 7.20. The van der Waals surface area contributed by atoms with E-state index < -0.39 is 12.1 Å². The molecule has 4 nitrogen and oxygen atoms in total. The highest BCUT2D eigenvalue weighted by Crippen LogP contribution is 2.40. The number of aliphatic hydroxyl groups excluding tert-OH is 1. The van der Waals surface area contributed by atoms with E-state index in [-0.39, 0.29) is 12.5 Å². The molecule has 0 bridgehead atoms. The average molecular weight is 212 g/mol. The second-order valence-corrected chi connectivity index (χ2v) is 4.19. The summed E-state index contributed by atoms with van der Waals surface area (Å²) in [7, 11) is 0. The Labute approximate surface area is 88.9 Å². The van der Waals surface area contributed by atoms with Crippen LogP contribution in [0.15, 0.2) is 12.7 Å².